The van der Waals surface area contributed by atoms with Gasteiger partial charge in [0.05, 0.1) is 0 Å². The molecule has 0 N–H and O–H groups in total. The molecule has 1 aliphatic heterocycles. The number of carbonyl (C=O) groups excluding carboxylic acids is 1. The van der Waals surface area contributed by atoms with E-state index in [0.29, 0.717) is 0 Å². The molecule has 1 saturated heterocycles. The van der Waals surface area contributed by atoms with E-state index >= 15 is 0 Å². The molecule has 0 bridgehead atoms. The fourth-order valence-electron chi connectivity index (χ4n) is 3.00. The topological polar surface area (TPSA) is 20.3 Å². The van der Waals surface area contributed by atoms with Gasteiger partial charge in [0.1, 0.15) is 0 Å². The Balaban J connectivity index is 2.00. The quantitative estimate of drug-likeness (QED) is 0.753. The van der Waals surface area contributed by atoms with Gasteiger partial charge < -0.3 is 4.90 Å². The van der Waals surface area contributed by atoms with Gasteiger partial charge in [-0.15, -0.1) is 0 Å². The van der Waals surface area contributed by atoms with Gasteiger partial charge in [0, 0.05) is 24.1 Å². The van der Waals surface area contributed by atoms with Crippen LogP contribution in [0.25, 0.3) is 0 Å². The van der Waals surface area contributed by atoms with Crippen LogP contribution in [0.5, 0.6) is 0 Å². The maximum absolute atomic E-state index is 12.6. The van der Waals surface area contributed by atoms with Crippen LogP contribution in [0.3, 0.4) is 0 Å². The van der Waals surface area contributed by atoms with E-state index in [2.05, 4.69) is 25.7 Å². The monoisotopic (exact) mass is 259 g/mol. The predicted molar refractivity (Wildman–Crippen MR) is 79.4 cm³/mol. The van der Waals surface area contributed by atoms with Gasteiger partial charge in [-0.1, -0.05) is 57.5 Å². The lowest BCUT2D eigenvalue weighted by atomic mass is 9.83. The Hall–Kier alpha value is -1.15. The first kappa shape index (κ1) is 14.3. The molecule has 19 heavy (non-hydrogen) atoms. The number of carbonyl (C=O) groups is 1. The summed E-state index contributed by atoms with van der Waals surface area (Å²) in [4.78, 5) is 15.0. The molecule has 0 amide bonds. The van der Waals surface area contributed by atoms with Gasteiger partial charge in [-0.05, 0) is 18.9 Å². The van der Waals surface area contributed by atoms with Crippen LogP contribution in [-0.4, -0.2) is 30.3 Å². The third-order valence-corrected chi connectivity index (χ3v) is 4.22. The number of hydrogen-bond donors (Lipinski definition) is 0. The highest BCUT2D eigenvalue weighted by Crippen LogP contribution is 2.27. The largest absolute Gasteiger partial charge is 0.302 e. The molecule has 2 rings (SSSR count). The second-order valence-electron chi connectivity index (χ2n) is 6.38. The van der Waals surface area contributed by atoms with Gasteiger partial charge in [0.15, 0.2) is 5.78 Å². The van der Waals surface area contributed by atoms with E-state index in [0.717, 1.165) is 31.1 Å². The van der Waals surface area contributed by atoms with Crippen LogP contribution in [-0.2, 0) is 0 Å². The number of benzene rings is 1. The van der Waals surface area contributed by atoms with Crippen LogP contribution in [0.1, 0.15) is 44.0 Å². The van der Waals surface area contributed by atoms with Crippen molar-refractivity contribution in [3.63, 3.8) is 0 Å². The third kappa shape index (κ3) is 3.44. The summed E-state index contributed by atoms with van der Waals surface area (Å²) in [6, 6.07) is 9.67. The lowest BCUT2D eigenvalue weighted by Gasteiger charge is -2.29. The third-order valence-electron chi connectivity index (χ3n) is 4.22. The molecule has 0 aliphatic carbocycles. The molecule has 104 valence electrons. The average molecular weight is 259 g/mol. The molecule has 0 radical (unpaired) electrons. The highest BCUT2D eigenvalue weighted by atomic mass is 16.1. The Labute approximate surface area is 116 Å². The fraction of sp³-hybridized carbons (Fsp3) is 0.588. The molecular weight excluding hydrogens is 234 g/mol. The summed E-state index contributed by atoms with van der Waals surface area (Å²) in [5.74, 6) is 1.08. The minimum absolute atomic E-state index is 0.257. The molecule has 1 aliphatic rings. The minimum atomic E-state index is -0.302. The number of nitrogens with zero attached hydrogens (tertiary/aromatic N) is 1. The summed E-state index contributed by atoms with van der Waals surface area (Å²) < 4.78 is 0. The van der Waals surface area contributed by atoms with Gasteiger partial charge in [0.2, 0.25) is 0 Å². The van der Waals surface area contributed by atoms with Crippen LogP contribution in [0, 0.1) is 11.3 Å². The smallest absolute Gasteiger partial charge is 0.169 e. The van der Waals surface area contributed by atoms with Crippen LogP contribution in [0.4, 0.5) is 0 Å². The van der Waals surface area contributed by atoms with E-state index < -0.39 is 0 Å². The molecule has 0 spiro atoms. The molecule has 0 saturated carbocycles. The van der Waals surface area contributed by atoms with Crippen molar-refractivity contribution in [3.8, 4) is 0 Å². The lowest BCUT2D eigenvalue weighted by molar-refractivity contribution is 0.0780. The first-order valence-electron chi connectivity index (χ1n) is 7.35. The Morgan fingerprint density at radius 2 is 2.00 bits per heavy atom. The number of hydrogen-bond acceptors (Lipinski definition) is 2. The maximum atomic E-state index is 12.6. The zero-order chi connectivity index (χ0) is 13.9. The molecule has 2 heteroatoms. The molecular formula is C17H25NO. The first-order chi connectivity index (χ1) is 9.03. The zero-order valence-electron chi connectivity index (χ0n) is 12.4. The van der Waals surface area contributed by atoms with Gasteiger partial charge in [-0.3, -0.25) is 4.79 Å². The Kier molecular flexibility index (Phi) is 4.41. The van der Waals surface area contributed by atoms with E-state index in [-0.39, 0.29) is 11.2 Å². The summed E-state index contributed by atoms with van der Waals surface area (Å²) >= 11 is 0. The zero-order valence-corrected chi connectivity index (χ0v) is 12.4. The summed E-state index contributed by atoms with van der Waals surface area (Å²) in [5.41, 5.74) is 0.531. The average Bonchev–Trinajstić information content (AvgIpc) is 2.85. The van der Waals surface area contributed by atoms with Crippen molar-refractivity contribution in [1.29, 1.82) is 0 Å². The summed E-state index contributed by atoms with van der Waals surface area (Å²) in [7, 11) is 0. The van der Waals surface area contributed by atoms with E-state index in [1.807, 2.05) is 30.3 Å². The van der Waals surface area contributed by atoms with Crippen molar-refractivity contribution >= 4 is 5.78 Å². The van der Waals surface area contributed by atoms with E-state index in [4.69, 9.17) is 0 Å². The van der Waals surface area contributed by atoms with Crippen molar-refractivity contribution in [3.05, 3.63) is 35.9 Å². The van der Waals surface area contributed by atoms with Crippen LogP contribution in [0.15, 0.2) is 30.3 Å². The summed E-state index contributed by atoms with van der Waals surface area (Å²) in [5, 5.41) is 0. The molecule has 1 fully saturated rings. The van der Waals surface area contributed by atoms with E-state index in [9.17, 15) is 4.79 Å². The first-order valence-corrected chi connectivity index (χ1v) is 7.35. The van der Waals surface area contributed by atoms with Gasteiger partial charge in [-0.25, -0.2) is 0 Å². The predicted octanol–water partition coefficient (Wildman–Crippen LogP) is 3.63. The Bertz CT molecular complexity index is 424. The molecule has 2 nitrogen and oxygen atoms in total. The number of Topliss-reactive ketones (excluding diaryl/α,β-unsaturated/α-hetero) is 1. The number of rotatable bonds is 5. The highest BCUT2D eigenvalue weighted by Gasteiger charge is 2.33. The maximum Gasteiger partial charge on any atom is 0.169 e. The second kappa shape index (κ2) is 5.87. The Morgan fingerprint density at radius 3 is 2.58 bits per heavy atom. The van der Waals surface area contributed by atoms with Gasteiger partial charge in [-0.2, -0.15) is 0 Å². The number of ketones is 1. The van der Waals surface area contributed by atoms with Crippen molar-refractivity contribution in [2.45, 2.75) is 33.6 Å². The fourth-order valence-corrected chi connectivity index (χ4v) is 3.00. The molecule has 1 atom stereocenters. The molecule has 0 aromatic heterocycles. The molecule has 1 aromatic rings. The van der Waals surface area contributed by atoms with Crippen molar-refractivity contribution < 1.29 is 4.79 Å². The Morgan fingerprint density at radius 1 is 1.32 bits per heavy atom. The summed E-state index contributed by atoms with van der Waals surface area (Å²) in [6.07, 6.45) is 2.54. The molecule has 1 aromatic carbocycles. The minimum Gasteiger partial charge on any atom is -0.302 e. The lowest BCUT2D eigenvalue weighted by Crippen LogP contribution is -2.38. The van der Waals surface area contributed by atoms with Crippen molar-refractivity contribution in [2.24, 2.45) is 11.3 Å². The van der Waals surface area contributed by atoms with Gasteiger partial charge >= 0.3 is 0 Å². The second-order valence-corrected chi connectivity index (χ2v) is 6.38. The molecule has 1 heterocycles. The SMILES string of the molecule is CCC1CCN(CC(C)(C)C(=O)c2ccccc2)C1. The van der Waals surface area contributed by atoms with Crippen LogP contribution >= 0.6 is 0 Å². The normalized spacial score (nSPS) is 20.7. The molecule has 1 unspecified atom stereocenters. The van der Waals surface area contributed by atoms with E-state index in [1.54, 1.807) is 0 Å². The van der Waals surface area contributed by atoms with Crippen molar-refractivity contribution in [1.82, 2.24) is 4.90 Å². The van der Waals surface area contributed by atoms with Crippen LogP contribution < -0.4 is 0 Å². The van der Waals surface area contributed by atoms with Crippen LogP contribution in [0.2, 0.25) is 0 Å². The van der Waals surface area contributed by atoms with E-state index in [1.165, 1.54) is 12.8 Å². The highest BCUT2D eigenvalue weighted by molar-refractivity contribution is 6.00. The standard InChI is InChI=1S/C17H25NO/c1-4-14-10-11-18(12-14)13-17(2,3)16(19)15-8-6-5-7-9-15/h5-9,14H,4,10-13H2,1-3H3. The van der Waals surface area contributed by atoms with Crippen molar-refractivity contribution in [2.75, 3.05) is 19.6 Å². The number of likely N-dealkylation sites (tertiary alicyclic amines) is 1. The van der Waals surface area contributed by atoms with Gasteiger partial charge in [0.25, 0.3) is 0 Å². The summed E-state index contributed by atoms with van der Waals surface area (Å²) in [6.45, 7) is 9.57.